The Kier molecular flexibility index (Phi) is 5.53. The Morgan fingerprint density at radius 3 is 2.56 bits per heavy atom. The van der Waals surface area contributed by atoms with Gasteiger partial charge in [0.15, 0.2) is 16.4 Å². The molecule has 0 aromatic heterocycles. The van der Waals surface area contributed by atoms with Crippen LogP contribution in [-0.4, -0.2) is 44.6 Å². The molecule has 1 amide bonds. The van der Waals surface area contributed by atoms with Crippen LogP contribution in [0.5, 0.6) is 0 Å². The minimum Gasteiger partial charge on any atom is -0.452 e. The van der Waals surface area contributed by atoms with Gasteiger partial charge in [0.2, 0.25) is 0 Å². The van der Waals surface area contributed by atoms with Gasteiger partial charge >= 0.3 is 5.97 Å². The van der Waals surface area contributed by atoms with Crippen molar-refractivity contribution in [1.82, 2.24) is 4.90 Å². The van der Waals surface area contributed by atoms with Gasteiger partial charge in [-0.2, -0.15) is 0 Å². The molecule has 1 aliphatic rings. The Labute approximate surface area is 162 Å². The molecule has 2 aromatic rings. The van der Waals surface area contributed by atoms with Crippen LogP contribution in [0, 0.1) is 0 Å². The first-order chi connectivity index (χ1) is 12.8. The summed E-state index contributed by atoms with van der Waals surface area (Å²) < 4.78 is 28.3. The summed E-state index contributed by atoms with van der Waals surface area (Å²) in [5, 5.41) is 0.0618. The molecule has 8 heteroatoms. The predicted octanol–water partition coefficient (Wildman–Crippen LogP) is 2.49. The van der Waals surface area contributed by atoms with Crippen LogP contribution in [0.2, 0.25) is 5.02 Å². The molecule has 1 aliphatic heterocycles. The van der Waals surface area contributed by atoms with Crippen LogP contribution >= 0.6 is 11.6 Å². The number of carbonyl (C=O) groups excluding carboxylic acids is 2. The van der Waals surface area contributed by atoms with Crippen LogP contribution in [0.15, 0.2) is 47.4 Å². The number of benzene rings is 2. The lowest BCUT2D eigenvalue weighted by molar-refractivity contribution is -0.135. The third kappa shape index (κ3) is 4.48. The van der Waals surface area contributed by atoms with Crippen molar-refractivity contribution in [1.29, 1.82) is 0 Å². The lowest BCUT2D eigenvalue weighted by atomic mass is 10.00. The van der Waals surface area contributed by atoms with Crippen molar-refractivity contribution in [3.63, 3.8) is 0 Å². The summed E-state index contributed by atoms with van der Waals surface area (Å²) in [6, 6.07) is 11.7. The van der Waals surface area contributed by atoms with Gasteiger partial charge in [-0.3, -0.25) is 4.79 Å². The molecule has 3 rings (SSSR count). The molecule has 0 saturated heterocycles. The molecular weight excluding hydrogens is 390 g/mol. The van der Waals surface area contributed by atoms with E-state index in [2.05, 4.69) is 0 Å². The molecule has 1 heterocycles. The molecule has 0 spiro atoms. The number of rotatable bonds is 4. The second-order valence-corrected chi connectivity index (χ2v) is 8.75. The first-order valence-corrected chi connectivity index (χ1v) is 10.5. The lowest BCUT2D eigenvalue weighted by Gasteiger charge is -2.28. The van der Waals surface area contributed by atoms with Gasteiger partial charge in [-0.1, -0.05) is 35.9 Å². The van der Waals surface area contributed by atoms with E-state index in [1.54, 1.807) is 4.90 Å². The number of halogens is 1. The monoisotopic (exact) mass is 407 g/mol. The van der Waals surface area contributed by atoms with Crippen LogP contribution in [-0.2, 0) is 32.3 Å². The maximum atomic E-state index is 12.4. The highest BCUT2D eigenvalue weighted by Gasteiger charge is 2.23. The van der Waals surface area contributed by atoms with E-state index < -0.39 is 22.4 Å². The number of nitrogens with zero attached hydrogens (tertiary/aromatic N) is 1. The fraction of sp³-hybridized carbons (Fsp3) is 0.263. The van der Waals surface area contributed by atoms with E-state index in [0.717, 1.165) is 24.3 Å². The molecule has 0 saturated carbocycles. The van der Waals surface area contributed by atoms with Gasteiger partial charge in [0.25, 0.3) is 5.91 Å². The summed E-state index contributed by atoms with van der Waals surface area (Å²) in [5.74, 6) is -1.15. The van der Waals surface area contributed by atoms with E-state index in [1.807, 2.05) is 24.3 Å². The third-order valence-electron chi connectivity index (χ3n) is 4.40. The molecule has 0 bridgehead atoms. The van der Waals surface area contributed by atoms with Crippen molar-refractivity contribution in [3.05, 3.63) is 64.2 Å². The summed E-state index contributed by atoms with van der Waals surface area (Å²) in [7, 11) is -3.49. The maximum absolute atomic E-state index is 12.4. The Morgan fingerprint density at radius 1 is 1.15 bits per heavy atom. The van der Waals surface area contributed by atoms with Crippen LogP contribution in [0.4, 0.5) is 0 Å². The number of amides is 1. The van der Waals surface area contributed by atoms with Gasteiger partial charge < -0.3 is 9.64 Å². The highest BCUT2D eigenvalue weighted by molar-refractivity contribution is 7.90. The maximum Gasteiger partial charge on any atom is 0.340 e. The molecular formula is C19H18ClNO5S. The fourth-order valence-corrected chi connectivity index (χ4v) is 3.74. The van der Waals surface area contributed by atoms with Crippen molar-refractivity contribution < 1.29 is 22.7 Å². The molecule has 27 heavy (non-hydrogen) atoms. The Morgan fingerprint density at radius 2 is 1.85 bits per heavy atom. The molecule has 0 unspecified atom stereocenters. The molecule has 2 aromatic carbocycles. The molecule has 0 N–H and O–H groups in total. The summed E-state index contributed by atoms with van der Waals surface area (Å²) in [6.07, 6.45) is 1.78. The second kappa shape index (κ2) is 7.70. The zero-order valence-corrected chi connectivity index (χ0v) is 16.2. The molecule has 142 valence electrons. The number of ether oxygens (including phenoxy) is 1. The zero-order chi connectivity index (χ0) is 19.6. The molecule has 6 nitrogen and oxygen atoms in total. The lowest BCUT2D eigenvalue weighted by Crippen LogP contribution is -2.38. The van der Waals surface area contributed by atoms with Gasteiger partial charge in [0.05, 0.1) is 15.5 Å². The number of esters is 1. The first-order valence-electron chi connectivity index (χ1n) is 8.27. The summed E-state index contributed by atoms with van der Waals surface area (Å²) in [5.41, 5.74) is 2.20. The third-order valence-corrected chi connectivity index (χ3v) is 5.84. The van der Waals surface area contributed by atoms with Crippen molar-refractivity contribution >= 4 is 33.3 Å². The summed E-state index contributed by atoms with van der Waals surface area (Å²) >= 11 is 5.97. The average molecular weight is 408 g/mol. The molecule has 0 radical (unpaired) electrons. The minimum absolute atomic E-state index is 0.0437. The van der Waals surface area contributed by atoms with E-state index in [-0.39, 0.29) is 21.4 Å². The van der Waals surface area contributed by atoms with Gasteiger partial charge in [0.1, 0.15) is 0 Å². The minimum atomic E-state index is -3.49. The highest BCUT2D eigenvalue weighted by Crippen LogP contribution is 2.22. The number of sulfone groups is 1. The van der Waals surface area contributed by atoms with E-state index in [1.165, 1.54) is 17.7 Å². The van der Waals surface area contributed by atoms with Crippen molar-refractivity contribution in [2.45, 2.75) is 17.9 Å². The Balaban J connectivity index is 1.65. The largest absolute Gasteiger partial charge is 0.452 e. The molecule has 0 aliphatic carbocycles. The van der Waals surface area contributed by atoms with Crippen LogP contribution < -0.4 is 0 Å². The quantitative estimate of drug-likeness (QED) is 0.727. The molecule has 0 fully saturated rings. The number of carbonyl (C=O) groups is 2. The smallest absolute Gasteiger partial charge is 0.340 e. The van der Waals surface area contributed by atoms with Crippen molar-refractivity contribution in [3.8, 4) is 0 Å². The van der Waals surface area contributed by atoms with Gasteiger partial charge in [-0.05, 0) is 35.7 Å². The van der Waals surface area contributed by atoms with Gasteiger partial charge in [0, 0.05) is 19.3 Å². The second-order valence-electron chi connectivity index (χ2n) is 6.32. The highest BCUT2D eigenvalue weighted by atomic mass is 35.5. The van der Waals surface area contributed by atoms with Crippen molar-refractivity contribution in [2.24, 2.45) is 0 Å². The normalized spacial score (nSPS) is 13.8. The number of fused-ring (bicyclic) bond motifs is 1. The Bertz CT molecular complexity index is 1000. The van der Waals surface area contributed by atoms with Gasteiger partial charge in [-0.25, -0.2) is 13.2 Å². The topological polar surface area (TPSA) is 80.7 Å². The van der Waals surface area contributed by atoms with E-state index >= 15 is 0 Å². The number of hydrogen-bond acceptors (Lipinski definition) is 5. The predicted molar refractivity (Wildman–Crippen MR) is 100 cm³/mol. The first kappa shape index (κ1) is 19.4. The van der Waals surface area contributed by atoms with E-state index in [9.17, 15) is 18.0 Å². The zero-order valence-electron chi connectivity index (χ0n) is 14.6. The molecule has 0 atom stereocenters. The van der Waals surface area contributed by atoms with Crippen LogP contribution in [0.3, 0.4) is 0 Å². The summed E-state index contributed by atoms with van der Waals surface area (Å²) in [6.45, 7) is 0.592. The van der Waals surface area contributed by atoms with Crippen LogP contribution in [0.25, 0.3) is 0 Å². The number of hydrogen-bond donors (Lipinski definition) is 0. The fourth-order valence-electron chi connectivity index (χ4n) is 2.90. The van der Waals surface area contributed by atoms with Crippen LogP contribution in [0.1, 0.15) is 21.5 Å². The van der Waals surface area contributed by atoms with Gasteiger partial charge in [-0.15, -0.1) is 0 Å². The summed E-state index contributed by atoms with van der Waals surface area (Å²) in [4.78, 5) is 26.2. The standard InChI is InChI=1S/C19H18ClNO5S/c1-27(24,25)15-6-7-17(20)16(10-15)19(23)26-12-18(22)21-9-8-13-4-2-3-5-14(13)11-21/h2-7,10H,8-9,11-12H2,1H3. The van der Waals surface area contributed by atoms with Crippen molar-refractivity contribution in [2.75, 3.05) is 19.4 Å². The SMILES string of the molecule is CS(=O)(=O)c1ccc(Cl)c(C(=O)OCC(=O)N2CCc3ccccc3C2)c1. The Hall–Kier alpha value is -2.38. The van der Waals surface area contributed by atoms with E-state index in [0.29, 0.717) is 13.1 Å². The average Bonchev–Trinajstić information content (AvgIpc) is 2.64. The van der Waals surface area contributed by atoms with E-state index in [4.69, 9.17) is 16.3 Å².